The van der Waals surface area contributed by atoms with E-state index in [2.05, 4.69) is 15.6 Å². The first-order valence-electron chi connectivity index (χ1n) is 9.38. The summed E-state index contributed by atoms with van der Waals surface area (Å²) in [5.74, 6) is 1.10. The van der Waals surface area contributed by atoms with Gasteiger partial charge in [0.25, 0.3) is 0 Å². The average molecular weight is 480 g/mol. The molecule has 1 unspecified atom stereocenters. The minimum absolute atomic E-state index is 0.0161. The number of benzene rings is 2. The second-order valence-corrected chi connectivity index (χ2v) is 8.09. The summed E-state index contributed by atoms with van der Waals surface area (Å²) in [5.41, 5.74) is 0.832. The van der Waals surface area contributed by atoms with Gasteiger partial charge in [-0.1, -0.05) is 23.4 Å². The third-order valence-corrected chi connectivity index (χ3v) is 5.88. The van der Waals surface area contributed by atoms with Crippen molar-refractivity contribution in [1.29, 1.82) is 0 Å². The highest BCUT2D eigenvalue weighted by Gasteiger charge is 2.31. The minimum atomic E-state index is -0.717. The Morgan fingerprint density at radius 1 is 1.06 bits per heavy atom. The number of nitrogens with zero attached hydrogens (tertiary/aromatic N) is 1. The van der Waals surface area contributed by atoms with Crippen molar-refractivity contribution in [3.63, 3.8) is 0 Å². The van der Waals surface area contributed by atoms with E-state index in [0.29, 0.717) is 39.4 Å². The SMILES string of the molecule is COc1ccc(OC)c(N=C2NC(=O)CC(C(=O)Nc3cc(OC)c(Cl)cc3OC)S2)c1. The number of thioether (sulfide) groups is 1. The van der Waals surface area contributed by atoms with Crippen molar-refractivity contribution in [3.8, 4) is 23.0 Å². The van der Waals surface area contributed by atoms with Crippen LogP contribution in [0.4, 0.5) is 11.4 Å². The summed E-state index contributed by atoms with van der Waals surface area (Å²) in [5, 5.41) is 5.36. The molecule has 2 N–H and O–H groups in total. The molecule has 2 aromatic rings. The molecule has 1 atom stereocenters. The highest BCUT2D eigenvalue weighted by atomic mass is 35.5. The topological polar surface area (TPSA) is 107 Å². The van der Waals surface area contributed by atoms with Gasteiger partial charge in [0, 0.05) is 24.6 Å². The number of carbonyl (C=O) groups is 2. The van der Waals surface area contributed by atoms with Crippen LogP contribution in [-0.4, -0.2) is 50.7 Å². The lowest BCUT2D eigenvalue weighted by Crippen LogP contribution is -2.41. The molecule has 0 bridgehead atoms. The Bertz CT molecular complexity index is 1060. The largest absolute Gasteiger partial charge is 0.497 e. The molecule has 0 spiro atoms. The quantitative estimate of drug-likeness (QED) is 0.624. The van der Waals surface area contributed by atoms with Gasteiger partial charge in [-0.15, -0.1) is 0 Å². The Hall–Kier alpha value is -3.11. The Morgan fingerprint density at radius 2 is 1.78 bits per heavy atom. The molecule has 1 fully saturated rings. The molecule has 2 amide bonds. The van der Waals surface area contributed by atoms with E-state index in [9.17, 15) is 9.59 Å². The Labute approximate surface area is 194 Å². The number of nitrogens with one attached hydrogen (secondary N) is 2. The molecule has 0 aromatic heterocycles. The second-order valence-electron chi connectivity index (χ2n) is 6.49. The molecule has 9 nitrogen and oxygen atoms in total. The average Bonchev–Trinajstić information content (AvgIpc) is 2.79. The van der Waals surface area contributed by atoms with Gasteiger partial charge >= 0.3 is 0 Å². The number of halogens is 1. The van der Waals surface area contributed by atoms with Crippen LogP contribution in [0.2, 0.25) is 5.02 Å². The van der Waals surface area contributed by atoms with Crippen molar-refractivity contribution in [2.75, 3.05) is 33.8 Å². The molecule has 1 saturated heterocycles. The zero-order valence-corrected chi connectivity index (χ0v) is 19.4. The lowest BCUT2D eigenvalue weighted by Gasteiger charge is -2.23. The van der Waals surface area contributed by atoms with Crippen molar-refractivity contribution in [2.24, 2.45) is 4.99 Å². The highest BCUT2D eigenvalue weighted by molar-refractivity contribution is 8.15. The van der Waals surface area contributed by atoms with Gasteiger partial charge < -0.3 is 29.6 Å². The fraction of sp³-hybridized carbons (Fsp3) is 0.286. The number of carbonyl (C=O) groups excluding carboxylic acids is 2. The normalized spacial score (nSPS) is 16.8. The van der Waals surface area contributed by atoms with Crippen LogP contribution in [-0.2, 0) is 9.59 Å². The zero-order valence-electron chi connectivity index (χ0n) is 17.9. The van der Waals surface area contributed by atoms with Gasteiger partial charge in [-0.25, -0.2) is 4.99 Å². The number of hydrogen-bond donors (Lipinski definition) is 2. The molecule has 3 rings (SSSR count). The van der Waals surface area contributed by atoms with Crippen LogP contribution in [0.3, 0.4) is 0 Å². The fourth-order valence-electron chi connectivity index (χ4n) is 2.91. The fourth-order valence-corrected chi connectivity index (χ4v) is 4.13. The number of methoxy groups -OCH3 is 4. The molecule has 32 heavy (non-hydrogen) atoms. The first kappa shape index (κ1) is 23.6. The summed E-state index contributed by atoms with van der Waals surface area (Å²) in [7, 11) is 5.98. The van der Waals surface area contributed by atoms with Gasteiger partial charge in [0.2, 0.25) is 11.8 Å². The molecule has 0 aliphatic carbocycles. The maximum atomic E-state index is 12.9. The number of amides is 2. The molecule has 2 aromatic carbocycles. The molecule has 1 aliphatic rings. The number of ether oxygens (including phenoxy) is 4. The van der Waals surface area contributed by atoms with Crippen LogP contribution >= 0.6 is 23.4 Å². The van der Waals surface area contributed by atoms with Crippen molar-refractivity contribution in [3.05, 3.63) is 35.4 Å². The summed E-state index contributed by atoms with van der Waals surface area (Å²) >= 11 is 7.25. The van der Waals surface area contributed by atoms with Crippen molar-refractivity contribution < 1.29 is 28.5 Å². The predicted molar refractivity (Wildman–Crippen MR) is 124 cm³/mol. The monoisotopic (exact) mass is 479 g/mol. The summed E-state index contributed by atoms with van der Waals surface area (Å²) in [4.78, 5) is 29.7. The van der Waals surface area contributed by atoms with Crippen molar-refractivity contribution in [1.82, 2.24) is 5.32 Å². The third kappa shape index (κ3) is 5.38. The molecule has 0 radical (unpaired) electrons. The molecule has 1 heterocycles. The van der Waals surface area contributed by atoms with E-state index in [1.165, 1.54) is 28.4 Å². The number of rotatable bonds is 7. The Morgan fingerprint density at radius 3 is 2.44 bits per heavy atom. The van der Waals surface area contributed by atoms with E-state index in [1.54, 1.807) is 30.3 Å². The predicted octanol–water partition coefficient (Wildman–Crippen LogP) is 3.62. The minimum Gasteiger partial charge on any atom is -0.497 e. The number of anilines is 1. The lowest BCUT2D eigenvalue weighted by atomic mass is 10.2. The summed E-state index contributed by atoms with van der Waals surface area (Å²) in [6.45, 7) is 0. The number of aliphatic imine (C=N–C) groups is 1. The van der Waals surface area contributed by atoms with Gasteiger partial charge in [-0.2, -0.15) is 0 Å². The molecule has 11 heteroatoms. The van der Waals surface area contributed by atoms with E-state index in [0.717, 1.165) is 11.8 Å². The summed E-state index contributed by atoms with van der Waals surface area (Å²) in [6.07, 6.45) is -0.0161. The van der Waals surface area contributed by atoms with E-state index in [-0.39, 0.29) is 17.5 Å². The van der Waals surface area contributed by atoms with Gasteiger partial charge in [-0.05, 0) is 12.1 Å². The first-order valence-corrected chi connectivity index (χ1v) is 10.6. The maximum Gasteiger partial charge on any atom is 0.238 e. The van der Waals surface area contributed by atoms with Crippen LogP contribution in [0, 0.1) is 0 Å². The van der Waals surface area contributed by atoms with Crippen molar-refractivity contribution >= 4 is 51.7 Å². The van der Waals surface area contributed by atoms with Gasteiger partial charge in [0.15, 0.2) is 5.17 Å². The third-order valence-electron chi connectivity index (χ3n) is 4.50. The van der Waals surface area contributed by atoms with Crippen LogP contribution in [0.15, 0.2) is 35.3 Å². The van der Waals surface area contributed by atoms with Crippen molar-refractivity contribution in [2.45, 2.75) is 11.7 Å². The van der Waals surface area contributed by atoms with E-state index in [1.807, 2.05) is 0 Å². The standard InChI is InChI=1S/C21H22ClN3O6S/c1-28-11-5-6-15(29-2)13(7-11)24-21-25-19(26)10-18(32-21)20(27)23-14-9-16(30-3)12(22)8-17(14)31-4/h5-9,18H,10H2,1-4H3,(H,23,27)(H,24,25,26). The zero-order chi connectivity index (χ0) is 23.3. The molecular formula is C21H22ClN3O6S. The number of hydrogen-bond acceptors (Lipinski definition) is 8. The van der Waals surface area contributed by atoms with Gasteiger partial charge in [0.05, 0.1) is 39.1 Å². The molecule has 1 aliphatic heterocycles. The molecular weight excluding hydrogens is 458 g/mol. The molecule has 0 saturated carbocycles. The van der Waals surface area contributed by atoms with Crippen LogP contribution in [0.25, 0.3) is 0 Å². The smallest absolute Gasteiger partial charge is 0.238 e. The van der Waals surface area contributed by atoms with Gasteiger partial charge in [0.1, 0.15) is 33.9 Å². The lowest BCUT2D eigenvalue weighted by molar-refractivity contribution is -0.123. The maximum absolute atomic E-state index is 12.9. The molecule has 170 valence electrons. The Kier molecular flexibility index (Phi) is 7.70. The first-order chi connectivity index (χ1) is 15.4. The number of amidine groups is 1. The van der Waals surface area contributed by atoms with E-state index in [4.69, 9.17) is 30.5 Å². The van der Waals surface area contributed by atoms with Crippen LogP contribution in [0.1, 0.15) is 6.42 Å². The van der Waals surface area contributed by atoms with Gasteiger partial charge in [-0.3, -0.25) is 9.59 Å². The summed E-state index contributed by atoms with van der Waals surface area (Å²) in [6, 6.07) is 8.21. The van der Waals surface area contributed by atoms with E-state index < -0.39 is 11.2 Å². The second kappa shape index (κ2) is 10.5. The summed E-state index contributed by atoms with van der Waals surface area (Å²) < 4.78 is 21.0. The van der Waals surface area contributed by atoms with Crippen LogP contribution in [0.5, 0.6) is 23.0 Å². The Balaban J connectivity index is 1.84. The van der Waals surface area contributed by atoms with Crippen LogP contribution < -0.4 is 29.6 Å². The highest BCUT2D eigenvalue weighted by Crippen LogP contribution is 2.37. The van der Waals surface area contributed by atoms with E-state index >= 15 is 0 Å².